The van der Waals surface area contributed by atoms with E-state index in [-0.39, 0.29) is 0 Å². The number of aryl methyl sites for hydroxylation is 1. The number of rotatable bonds is 5. The summed E-state index contributed by atoms with van der Waals surface area (Å²) in [5, 5.41) is 10.4. The molecule has 4 aromatic rings. The number of nitriles is 1. The molecule has 0 radical (unpaired) electrons. The van der Waals surface area contributed by atoms with E-state index in [0.717, 1.165) is 16.6 Å². The molecule has 0 aliphatic carbocycles. The maximum atomic E-state index is 9.80. The van der Waals surface area contributed by atoms with E-state index < -0.39 is 0 Å². The third-order valence-corrected chi connectivity index (χ3v) is 4.77. The lowest BCUT2D eigenvalue weighted by Gasteiger charge is -2.10. The zero-order chi connectivity index (χ0) is 20.2. The number of fused-ring (bicyclic) bond motifs is 1. The molecule has 2 aromatic heterocycles. The Morgan fingerprint density at radius 3 is 2.83 bits per heavy atom. The highest BCUT2D eigenvalue weighted by molar-refractivity contribution is 6.30. The van der Waals surface area contributed by atoms with Crippen molar-refractivity contribution in [2.75, 3.05) is 0 Å². The maximum Gasteiger partial charge on any atom is 0.151 e. The number of hydrogen-bond donors (Lipinski definition) is 0. The van der Waals surface area contributed by atoms with E-state index in [0.29, 0.717) is 34.3 Å². The van der Waals surface area contributed by atoms with Gasteiger partial charge in [-0.2, -0.15) is 5.26 Å². The van der Waals surface area contributed by atoms with Gasteiger partial charge in [0.2, 0.25) is 0 Å². The van der Waals surface area contributed by atoms with Crippen LogP contribution in [0.2, 0.25) is 5.02 Å². The van der Waals surface area contributed by atoms with Crippen molar-refractivity contribution in [1.82, 2.24) is 14.5 Å². The van der Waals surface area contributed by atoms with Gasteiger partial charge in [-0.3, -0.25) is 4.98 Å². The number of hydrogen-bond acceptors (Lipinski definition) is 4. The molecule has 0 fully saturated rings. The van der Waals surface area contributed by atoms with Crippen LogP contribution in [0, 0.1) is 11.3 Å². The fraction of sp³-hybridized carbons (Fsp3) is 0.0870. The fourth-order valence-corrected chi connectivity index (χ4v) is 3.28. The highest BCUT2D eigenvalue weighted by atomic mass is 35.5. The minimum atomic E-state index is 0.366. The van der Waals surface area contributed by atoms with E-state index in [4.69, 9.17) is 16.3 Å². The number of benzene rings is 2. The molecule has 0 aliphatic heterocycles. The van der Waals surface area contributed by atoms with Gasteiger partial charge in [0.15, 0.2) is 5.82 Å². The lowest BCUT2D eigenvalue weighted by molar-refractivity contribution is 0.305. The van der Waals surface area contributed by atoms with Gasteiger partial charge in [0.05, 0.1) is 16.6 Å². The van der Waals surface area contributed by atoms with E-state index >= 15 is 0 Å². The predicted octanol–water partition coefficient (Wildman–Crippen LogP) is 5.26. The van der Waals surface area contributed by atoms with Crippen LogP contribution in [0.3, 0.4) is 0 Å². The Bertz CT molecular complexity index is 1240. The monoisotopic (exact) mass is 400 g/mol. The Balaban J connectivity index is 1.72. The number of para-hydroxylation sites is 2. The van der Waals surface area contributed by atoms with Crippen molar-refractivity contribution in [3.05, 3.63) is 89.0 Å². The fourth-order valence-electron chi connectivity index (χ4n) is 3.10. The van der Waals surface area contributed by atoms with E-state index in [1.165, 1.54) is 0 Å². The SMILES string of the molecule is Cn1c(/C(C#N)=C\c2cc(Cl)ccc2OCc2cccnc2)nc2ccccc21. The summed E-state index contributed by atoms with van der Waals surface area (Å²) >= 11 is 6.20. The van der Waals surface area contributed by atoms with Crippen molar-refractivity contribution < 1.29 is 4.74 Å². The molecule has 0 saturated heterocycles. The van der Waals surface area contributed by atoms with Gasteiger partial charge in [-0.25, -0.2) is 4.98 Å². The van der Waals surface area contributed by atoms with Crippen molar-refractivity contribution >= 4 is 34.3 Å². The zero-order valence-corrected chi connectivity index (χ0v) is 16.5. The molecule has 0 amide bonds. The first-order chi connectivity index (χ1) is 14.2. The summed E-state index contributed by atoms with van der Waals surface area (Å²) in [5.41, 5.74) is 3.89. The van der Waals surface area contributed by atoms with Crippen molar-refractivity contribution in [2.45, 2.75) is 6.61 Å². The van der Waals surface area contributed by atoms with Gasteiger partial charge in [0.25, 0.3) is 0 Å². The van der Waals surface area contributed by atoms with Gasteiger partial charge in [0, 0.05) is 35.6 Å². The quantitative estimate of drug-likeness (QED) is 0.428. The summed E-state index contributed by atoms with van der Waals surface area (Å²) in [4.78, 5) is 8.71. The predicted molar refractivity (Wildman–Crippen MR) is 114 cm³/mol. The topological polar surface area (TPSA) is 63.7 Å². The molecule has 4 rings (SSSR count). The van der Waals surface area contributed by atoms with Gasteiger partial charge in [-0.05, 0) is 42.5 Å². The molecule has 0 N–H and O–H groups in total. The molecule has 5 nitrogen and oxygen atoms in total. The van der Waals surface area contributed by atoms with Gasteiger partial charge in [-0.1, -0.05) is 29.8 Å². The van der Waals surface area contributed by atoms with Gasteiger partial charge >= 0.3 is 0 Å². The van der Waals surface area contributed by atoms with Crippen LogP contribution in [0.5, 0.6) is 5.75 Å². The molecule has 0 bridgehead atoms. The summed E-state index contributed by atoms with van der Waals surface area (Å²) in [5.74, 6) is 1.22. The summed E-state index contributed by atoms with van der Waals surface area (Å²) in [7, 11) is 1.90. The Morgan fingerprint density at radius 2 is 2.07 bits per heavy atom. The van der Waals surface area contributed by atoms with Gasteiger partial charge in [0.1, 0.15) is 18.4 Å². The first-order valence-electron chi connectivity index (χ1n) is 9.00. The van der Waals surface area contributed by atoms with Gasteiger partial charge in [-0.15, -0.1) is 0 Å². The summed E-state index contributed by atoms with van der Waals surface area (Å²) in [6.45, 7) is 0.366. The third kappa shape index (κ3) is 3.98. The number of imidazole rings is 1. The molecule has 2 heterocycles. The third-order valence-electron chi connectivity index (χ3n) is 4.54. The van der Waals surface area contributed by atoms with E-state index in [1.54, 1.807) is 36.7 Å². The van der Waals surface area contributed by atoms with Gasteiger partial charge < -0.3 is 9.30 Å². The number of aromatic nitrogens is 3. The van der Waals surface area contributed by atoms with Crippen LogP contribution in [0.4, 0.5) is 0 Å². The average Bonchev–Trinajstić information content (AvgIpc) is 3.09. The largest absolute Gasteiger partial charge is 0.488 e. The molecule has 29 heavy (non-hydrogen) atoms. The van der Waals surface area contributed by atoms with Crippen LogP contribution in [-0.4, -0.2) is 14.5 Å². The van der Waals surface area contributed by atoms with E-state index in [9.17, 15) is 5.26 Å². The molecule has 0 atom stereocenters. The Morgan fingerprint density at radius 1 is 1.21 bits per heavy atom. The van der Waals surface area contributed by atoms with Crippen molar-refractivity contribution in [1.29, 1.82) is 5.26 Å². The van der Waals surface area contributed by atoms with Crippen molar-refractivity contribution in [3.8, 4) is 11.8 Å². The standard InChI is InChI=1S/C23H17ClN4O/c1-28-21-7-3-2-6-20(21)27-23(28)18(13-25)11-17-12-19(24)8-9-22(17)29-15-16-5-4-10-26-14-16/h2-12,14H,15H2,1H3/b18-11-. The molecule has 2 aromatic carbocycles. The van der Waals surface area contributed by atoms with Crippen LogP contribution in [0.1, 0.15) is 17.0 Å². The second-order valence-corrected chi connectivity index (χ2v) is 6.92. The van der Waals surface area contributed by atoms with Crippen LogP contribution >= 0.6 is 11.6 Å². The molecule has 0 aliphatic rings. The van der Waals surface area contributed by atoms with Crippen molar-refractivity contribution in [2.24, 2.45) is 7.05 Å². The Labute approximate surface area is 173 Å². The summed E-state index contributed by atoms with van der Waals surface area (Å²) in [6, 6.07) is 19.2. The molecular weight excluding hydrogens is 384 g/mol. The molecule has 0 unspecified atom stereocenters. The Hall–Kier alpha value is -3.62. The second kappa shape index (κ2) is 8.17. The van der Waals surface area contributed by atoms with Crippen LogP contribution in [-0.2, 0) is 13.7 Å². The van der Waals surface area contributed by atoms with Crippen LogP contribution in [0.15, 0.2) is 67.0 Å². The molecular formula is C23H17ClN4O. The zero-order valence-electron chi connectivity index (χ0n) is 15.7. The first-order valence-corrected chi connectivity index (χ1v) is 9.38. The second-order valence-electron chi connectivity index (χ2n) is 6.49. The molecule has 142 valence electrons. The summed E-state index contributed by atoms with van der Waals surface area (Å²) < 4.78 is 7.88. The highest BCUT2D eigenvalue weighted by Gasteiger charge is 2.13. The number of pyridine rings is 1. The minimum Gasteiger partial charge on any atom is -0.488 e. The Kier molecular flexibility index (Phi) is 5.28. The molecule has 6 heteroatoms. The van der Waals surface area contributed by atoms with Crippen molar-refractivity contribution in [3.63, 3.8) is 0 Å². The average molecular weight is 401 g/mol. The van der Waals surface area contributed by atoms with Crippen LogP contribution in [0.25, 0.3) is 22.7 Å². The number of ether oxygens (including phenoxy) is 1. The smallest absolute Gasteiger partial charge is 0.151 e. The number of nitrogens with zero attached hydrogens (tertiary/aromatic N) is 4. The maximum absolute atomic E-state index is 9.80. The van der Waals surface area contributed by atoms with Crippen LogP contribution < -0.4 is 4.74 Å². The first kappa shape index (κ1) is 18.7. The van der Waals surface area contributed by atoms with E-state index in [1.807, 2.05) is 48.0 Å². The number of allylic oxidation sites excluding steroid dienone is 1. The van der Waals surface area contributed by atoms with E-state index in [2.05, 4.69) is 16.0 Å². The lowest BCUT2D eigenvalue weighted by atomic mass is 10.1. The number of halogens is 1. The summed E-state index contributed by atoms with van der Waals surface area (Å²) in [6.07, 6.45) is 5.23. The molecule has 0 spiro atoms. The molecule has 0 saturated carbocycles. The minimum absolute atomic E-state index is 0.366. The highest BCUT2D eigenvalue weighted by Crippen LogP contribution is 2.29. The normalized spacial score (nSPS) is 11.4. The lowest BCUT2D eigenvalue weighted by Crippen LogP contribution is -1.99.